The van der Waals surface area contributed by atoms with Crippen LogP contribution < -0.4 is 20.4 Å². The summed E-state index contributed by atoms with van der Waals surface area (Å²) in [7, 11) is 0. The predicted molar refractivity (Wildman–Crippen MR) is 205 cm³/mol. The Morgan fingerprint density at radius 3 is 2.45 bits per heavy atom. The van der Waals surface area contributed by atoms with Crippen LogP contribution in [0.2, 0.25) is 0 Å². The highest BCUT2D eigenvalue weighted by molar-refractivity contribution is 6.22. The number of ether oxygens (including phenoxy) is 1. The van der Waals surface area contributed by atoms with Crippen molar-refractivity contribution in [3.8, 4) is 0 Å². The molecule has 1 aliphatic carbocycles. The van der Waals surface area contributed by atoms with Crippen LogP contribution >= 0.6 is 0 Å². The molecule has 5 aliphatic heterocycles. The molecule has 21 heteroatoms. The summed E-state index contributed by atoms with van der Waals surface area (Å²) in [6, 6.07) is 3.44. The van der Waals surface area contributed by atoms with Crippen LogP contribution in [0.25, 0.3) is 5.65 Å². The smallest absolute Gasteiger partial charge is 0.343 e. The van der Waals surface area contributed by atoms with Gasteiger partial charge in [0.2, 0.25) is 5.91 Å². The first-order valence-electron chi connectivity index (χ1n) is 20.2. The Bertz CT molecular complexity index is 2430. The Morgan fingerprint density at radius 1 is 0.983 bits per heavy atom. The maximum absolute atomic E-state index is 15.5. The van der Waals surface area contributed by atoms with E-state index in [2.05, 4.69) is 30.6 Å². The van der Waals surface area contributed by atoms with Crippen LogP contribution in [-0.2, 0) is 9.53 Å². The number of piperazine rings is 1. The van der Waals surface area contributed by atoms with E-state index in [4.69, 9.17) is 9.72 Å². The minimum atomic E-state index is -2.91. The molecule has 0 spiro atoms. The van der Waals surface area contributed by atoms with E-state index in [9.17, 15) is 32.8 Å². The molecule has 8 heterocycles. The zero-order valence-corrected chi connectivity index (χ0v) is 32.3. The number of halogens is 3. The molecule has 60 heavy (non-hydrogen) atoms. The zero-order chi connectivity index (χ0) is 41.4. The van der Waals surface area contributed by atoms with Crippen LogP contribution in [0.4, 0.5) is 35.2 Å². The maximum Gasteiger partial charge on any atom is 0.343 e. The molecule has 1 saturated carbocycles. The summed E-state index contributed by atoms with van der Waals surface area (Å²) in [5, 5.41) is 14.8. The lowest BCUT2D eigenvalue weighted by atomic mass is 9.85. The minimum Gasteiger partial charge on any atom is -0.374 e. The van der Waals surface area contributed by atoms with Crippen LogP contribution in [0.1, 0.15) is 87.8 Å². The van der Waals surface area contributed by atoms with Gasteiger partial charge in [-0.2, -0.15) is 15.2 Å². The number of carbonyl (C=O) groups is 5. The number of aromatic nitrogens is 5. The molecule has 2 N–H and O–H groups in total. The van der Waals surface area contributed by atoms with E-state index >= 15 is 4.39 Å². The predicted octanol–water partition coefficient (Wildman–Crippen LogP) is 3.24. The second-order valence-corrected chi connectivity index (χ2v) is 16.2. The van der Waals surface area contributed by atoms with Crippen molar-refractivity contribution in [1.29, 1.82) is 0 Å². The van der Waals surface area contributed by atoms with Crippen molar-refractivity contribution in [2.24, 2.45) is 5.92 Å². The number of fused-ring (bicyclic) bond motifs is 4. The van der Waals surface area contributed by atoms with Crippen molar-refractivity contribution in [2.75, 3.05) is 67.5 Å². The fraction of sp³-hybridized carbons (Fsp3) is 0.487. The summed E-state index contributed by atoms with van der Waals surface area (Å²) in [6.45, 7) is 4.22. The zero-order valence-electron chi connectivity index (χ0n) is 32.3. The summed E-state index contributed by atoms with van der Waals surface area (Å²) in [4.78, 5) is 74.8. The summed E-state index contributed by atoms with van der Waals surface area (Å²) in [6.07, 6.45) is 5.80. The van der Waals surface area contributed by atoms with Crippen LogP contribution in [0, 0.1) is 11.7 Å². The van der Waals surface area contributed by atoms with Crippen LogP contribution in [0.5, 0.6) is 0 Å². The van der Waals surface area contributed by atoms with Crippen LogP contribution in [0.15, 0.2) is 36.8 Å². The van der Waals surface area contributed by atoms with Crippen molar-refractivity contribution in [1.82, 2.24) is 44.6 Å². The van der Waals surface area contributed by atoms with Gasteiger partial charge in [0.1, 0.15) is 17.2 Å². The molecular formula is C39H41F3N12O6. The number of nitrogens with zero attached hydrogens (tertiary/aromatic N) is 10. The number of rotatable bonds is 9. The average Bonchev–Trinajstić information content (AvgIpc) is 4.09. The van der Waals surface area contributed by atoms with E-state index in [0.717, 1.165) is 36.9 Å². The molecule has 10 rings (SSSR count). The number of alkyl halides is 2. The van der Waals surface area contributed by atoms with Gasteiger partial charge in [-0.1, -0.05) is 0 Å². The molecule has 314 valence electrons. The van der Waals surface area contributed by atoms with E-state index < -0.39 is 47.6 Å². The number of anilines is 3. The Balaban J connectivity index is 0.740. The Labute approximate surface area is 340 Å². The van der Waals surface area contributed by atoms with E-state index in [1.807, 2.05) is 11.0 Å². The fourth-order valence-corrected chi connectivity index (χ4v) is 9.47. The SMILES string of the molecule is O=C1CCN(N2C(=O)c3cc(F)c(N4CCN(CC5CCC(n6cc(NC(=O)c7cnn8ccc(N9C[C@H]%10C[C@@H]9CO%10)nc78)c(C(F)F)n6)CC5)CC4)cc3C2=O)C(=O)N1. The van der Waals surface area contributed by atoms with Gasteiger partial charge < -0.3 is 19.9 Å². The topological polar surface area (TPSA) is 183 Å². The highest BCUT2D eigenvalue weighted by Gasteiger charge is 2.44. The van der Waals surface area contributed by atoms with Gasteiger partial charge in [0.15, 0.2) is 11.3 Å². The lowest BCUT2D eigenvalue weighted by molar-refractivity contribution is -0.122. The number of carbonyl (C=O) groups excluding carboxylic acids is 5. The minimum absolute atomic E-state index is 0.00819. The second-order valence-electron chi connectivity index (χ2n) is 16.2. The van der Waals surface area contributed by atoms with Gasteiger partial charge in [-0.05, 0) is 56.2 Å². The van der Waals surface area contributed by atoms with Gasteiger partial charge in [0.25, 0.3) is 24.1 Å². The third-order valence-electron chi connectivity index (χ3n) is 12.6. The first-order valence-corrected chi connectivity index (χ1v) is 20.2. The average molecular weight is 831 g/mol. The third kappa shape index (κ3) is 6.68. The lowest BCUT2D eigenvalue weighted by Crippen LogP contribution is -2.58. The number of benzene rings is 1. The molecule has 6 amide bonds. The summed E-state index contributed by atoms with van der Waals surface area (Å²) in [5.74, 6) is -2.31. The van der Waals surface area contributed by atoms with Gasteiger partial charge in [-0.3, -0.25) is 34.1 Å². The highest BCUT2D eigenvalue weighted by atomic mass is 19.3. The molecule has 4 saturated heterocycles. The van der Waals surface area contributed by atoms with Crippen molar-refractivity contribution in [2.45, 2.75) is 63.1 Å². The van der Waals surface area contributed by atoms with Gasteiger partial charge >= 0.3 is 6.03 Å². The van der Waals surface area contributed by atoms with Gasteiger partial charge in [0, 0.05) is 58.1 Å². The van der Waals surface area contributed by atoms with Crippen molar-refractivity contribution >= 4 is 52.5 Å². The van der Waals surface area contributed by atoms with E-state index in [0.29, 0.717) is 74.6 Å². The molecule has 18 nitrogen and oxygen atoms in total. The molecule has 1 aromatic carbocycles. The fourth-order valence-electron chi connectivity index (χ4n) is 9.47. The molecule has 2 atom stereocenters. The number of amides is 6. The molecule has 5 fully saturated rings. The number of hydrazine groups is 1. The normalized spacial score (nSPS) is 24.7. The second kappa shape index (κ2) is 14.9. The van der Waals surface area contributed by atoms with E-state index in [1.165, 1.54) is 23.0 Å². The molecule has 0 radical (unpaired) electrons. The number of hydrogen-bond acceptors (Lipinski definition) is 12. The third-order valence-corrected chi connectivity index (χ3v) is 12.6. The first-order chi connectivity index (χ1) is 29.0. The molecule has 6 aliphatic rings. The van der Waals surface area contributed by atoms with Crippen molar-refractivity contribution < 1.29 is 41.9 Å². The molecule has 4 aromatic rings. The van der Waals surface area contributed by atoms with Gasteiger partial charge in [0.05, 0.1) is 60.0 Å². The van der Waals surface area contributed by atoms with Crippen LogP contribution in [-0.4, -0.2) is 134 Å². The highest BCUT2D eigenvalue weighted by Crippen LogP contribution is 2.37. The quantitative estimate of drug-likeness (QED) is 0.236. The number of imide groups is 2. The van der Waals surface area contributed by atoms with Gasteiger partial charge in [-0.25, -0.2) is 32.5 Å². The molecule has 2 bridgehead atoms. The number of morpholine rings is 1. The lowest BCUT2D eigenvalue weighted by Gasteiger charge is -2.39. The van der Waals surface area contributed by atoms with Crippen molar-refractivity contribution in [3.63, 3.8) is 0 Å². The Hall–Kier alpha value is -6.09. The number of hydrogen-bond donors (Lipinski definition) is 2. The Morgan fingerprint density at radius 2 is 1.75 bits per heavy atom. The van der Waals surface area contributed by atoms with Crippen molar-refractivity contribution in [3.05, 3.63) is 65.0 Å². The number of urea groups is 1. The Kier molecular flexibility index (Phi) is 9.45. The van der Waals surface area contributed by atoms with Crippen LogP contribution in [0.3, 0.4) is 0 Å². The summed E-state index contributed by atoms with van der Waals surface area (Å²) < 4.78 is 52.8. The van der Waals surface area contributed by atoms with Gasteiger partial charge in [-0.15, -0.1) is 0 Å². The van der Waals surface area contributed by atoms with E-state index in [1.54, 1.807) is 10.9 Å². The number of nitrogens with one attached hydrogen (secondary N) is 2. The largest absolute Gasteiger partial charge is 0.374 e. The first kappa shape index (κ1) is 38.1. The monoisotopic (exact) mass is 830 g/mol. The summed E-state index contributed by atoms with van der Waals surface area (Å²) in [5.41, 5.74) is -0.0305. The summed E-state index contributed by atoms with van der Waals surface area (Å²) >= 11 is 0. The molecular weight excluding hydrogens is 790 g/mol. The molecule has 3 aromatic heterocycles. The van der Waals surface area contributed by atoms with E-state index in [-0.39, 0.29) is 59.2 Å². The molecule has 0 unspecified atom stereocenters. The standard InChI is InChI=1S/C39H41F3N12O6/c40-28-14-25-26(38(58)54(37(25)57)53-8-6-32(55)46-39(53)59)15-30(28)49-11-9-48(10-12-49)17-21-1-3-22(4-2-21)52-19-29(33(47-52)34(41)42)44-36(56)27-16-43-51-7-5-31(45-35(27)51)50-18-24-13-23(50)20-60-24/h5,7,14-16,19,21-24,34H,1-4,6,8-13,17-18,20H2,(H,44,56)(H,46,55,59)/t21?,22?,23-,24-/m1/s1. The maximum atomic E-state index is 15.5.